The quantitative estimate of drug-likeness (QED) is 0.929. The molecule has 6 unspecified atom stereocenters. The SMILES string of the molecule is O=C(CC1(c2ccccc2)C2CC3CC4CC1C42C3)N1CC(O)C1. The lowest BCUT2D eigenvalue weighted by atomic mass is 9.26. The molecular formula is C21H25NO2. The molecule has 6 atom stereocenters. The molecule has 5 fully saturated rings. The van der Waals surface area contributed by atoms with Gasteiger partial charge in [0.2, 0.25) is 5.91 Å². The molecule has 1 aliphatic heterocycles. The normalized spacial score (nSPS) is 47.6. The third-order valence-corrected chi connectivity index (χ3v) is 8.62. The van der Waals surface area contributed by atoms with Crippen LogP contribution in [-0.4, -0.2) is 35.1 Å². The van der Waals surface area contributed by atoms with Crippen LogP contribution in [0.2, 0.25) is 0 Å². The van der Waals surface area contributed by atoms with Crippen molar-refractivity contribution < 1.29 is 9.90 Å². The third-order valence-electron chi connectivity index (χ3n) is 8.62. The Morgan fingerprint density at radius 1 is 1.12 bits per heavy atom. The van der Waals surface area contributed by atoms with Crippen molar-refractivity contribution in [3.8, 4) is 0 Å². The maximum atomic E-state index is 12.9. The van der Waals surface area contributed by atoms with Gasteiger partial charge in [-0.2, -0.15) is 0 Å². The van der Waals surface area contributed by atoms with Gasteiger partial charge in [0.25, 0.3) is 0 Å². The van der Waals surface area contributed by atoms with E-state index in [1.54, 1.807) is 0 Å². The predicted octanol–water partition coefficient (Wildman–Crippen LogP) is 2.58. The Labute approximate surface area is 143 Å². The molecule has 1 spiro atoms. The van der Waals surface area contributed by atoms with E-state index in [0.717, 1.165) is 23.7 Å². The van der Waals surface area contributed by atoms with Gasteiger partial charge in [0.1, 0.15) is 0 Å². The number of hydrogen-bond donors (Lipinski definition) is 1. The number of hydrogen-bond acceptors (Lipinski definition) is 2. The summed E-state index contributed by atoms with van der Waals surface area (Å²) < 4.78 is 0. The van der Waals surface area contributed by atoms with E-state index in [2.05, 4.69) is 30.3 Å². The van der Waals surface area contributed by atoms with Crippen molar-refractivity contribution in [3.05, 3.63) is 35.9 Å². The molecule has 4 aliphatic carbocycles. The Morgan fingerprint density at radius 2 is 1.88 bits per heavy atom. The van der Waals surface area contributed by atoms with Gasteiger partial charge in [-0.15, -0.1) is 0 Å². The number of likely N-dealkylation sites (tertiary alicyclic amines) is 1. The van der Waals surface area contributed by atoms with Gasteiger partial charge < -0.3 is 10.0 Å². The summed E-state index contributed by atoms with van der Waals surface area (Å²) in [7, 11) is 0. The number of carbonyl (C=O) groups is 1. The van der Waals surface area contributed by atoms with Crippen LogP contribution in [0.4, 0.5) is 0 Å². The maximum absolute atomic E-state index is 12.9. The monoisotopic (exact) mass is 323 g/mol. The van der Waals surface area contributed by atoms with E-state index in [1.165, 1.54) is 31.2 Å². The average Bonchev–Trinajstić information content (AvgIpc) is 3.07. The maximum Gasteiger partial charge on any atom is 0.223 e. The van der Waals surface area contributed by atoms with Crippen molar-refractivity contribution in [1.82, 2.24) is 4.90 Å². The summed E-state index contributed by atoms with van der Waals surface area (Å²) in [6, 6.07) is 10.9. The Balaban J connectivity index is 1.38. The summed E-state index contributed by atoms with van der Waals surface area (Å²) in [5.41, 5.74) is 2.10. The van der Waals surface area contributed by atoms with Gasteiger partial charge in [0.05, 0.1) is 6.10 Å². The Morgan fingerprint density at radius 3 is 2.58 bits per heavy atom. The second-order valence-corrected chi connectivity index (χ2v) is 9.23. The van der Waals surface area contributed by atoms with Crippen LogP contribution >= 0.6 is 0 Å². The average molecular weight is 323 g/mol. The highest BCUT2D eigenvalue weighted by Gasteiger charge is 2.83. The fourth-order valence-electron chi connectivity index (χ4n) is 7.91. The molecule has 1 amide bonds. The van der Waals surface area contributed by atoms with Gasteiger partial charge in [0, 0.05) is 24.9 Å². The number of amides is 1. The van der Waals surface area contributed by atoms with E-state index in [-0.39, 0.29) is 17.4 Å². The van der Waals surface area contributed by atoms with Crippen LogP contribution in [0.5, 0.6) is 0 Å². The highest BCUT2D eigenvalue weighted by Crippen LogP contribution is 2.87. The molecule has 1 aromatic carbocycles. The molecule has 24 heavy (non-hydrogen) atoms. The number of aliphatic hydroxyl groups is 1. The first-order valence-corrected chi connectivity index (χ1v) is 9.66. The lowest BCUT2D eigenvalue weighted by molar-refractivity contribution is -0.251. The predicted molar refractivity (Wildman–Crippen MR) is 90.2 cm³/mol. The number of carbonyl (C=O) groups excluding carboxylic acids is 1. The van der Waals surface area contributed by atoms with E-state index >= 15 is 0 Å². The lowest BCUT2D eigenvalue weighted by Crippen LogP contribution is -2.75. The minimum absolute atomic E-state index is 0.0879. The van der Waals surface area contributed by atoms with Crippen molar-refractivity contribution in [2.45, 2.75) is 43.6 Å². The van der Waals surface area contributed by atoms with Crippen LogP contribution in [0.1, 0.15) is 37.7 Å². The van der Waals surface area contributed by atoms with E-state index in [9.17, 15) is 9.90 Å². The second-order valence-electron chi connectivity index (χ2n) is 9.23. The van der Waals surface area contributed by atoms with Crippen molar-refractivity contribution in [2.24, 2.45) is 29.1 Å². The first-order chi connectivity index (χ1) is 11.6. The molecule has 1 saturated heterocycles. The Bertz CT molecular complexity index is 712. The van der Waals surface area contributed by atoms with Gasteiger partial charge in [-0.3, -0.25) is 4.79 Å². The molecule has 1 aromatic rings. The Kier molecular flexibility index (Phi) is 2.45. The highest BCUT2D eigenvalue weighted by atomic mass is 16.3. The first-order valence-electron chi connectivity index (χ1n) is 9.66. The third kappa shape index (κ3) is 1.36. The number of fused-ring (bicyclic) bond motifs is 1. The molecule has 1 heterocycles. The summed E-state index contributed by atoms with van der Waals surface area (Å²) in [6.45, 7) is 1.07. The zero-order chi connectivity index (χ0) is 16.1. The van der Waals surface area contributed by atoms with Gasteiger partial charge in [-0.25, -0.2) is 0 Å². The van der Waals surface area contributed by atoms with Crippen LogP contribution in [0.3, 0.4) is 0 Å². The van der Waals surface area contributed by atoms with Crippen LogP contribution < -0.4 is 0 Å². The zero-order valence-corrected chi connectivity index (χ0v) is 14.0. The molecule has 5 aliphatic rings. The zero-order valence-electron chi connectivity index (χ0n) is 14.0. The lowest BCUT2D eigenvalue weighted by Gasteiger charge is -2.77. The summed E-state index contributed by atoms with van der Waals surface area (Å²) in [6.07, 6.45) is 5.96. The van der Waals surface area contributed by atoms with E-state index in [1.807, 2.05) is 4.90 Å². The van der Waals surface area contributed by atoms with Crippen LogP contribution in [-0.2, 0) is 10.2 Å². The fraction of sp³-hybridized carbons (Fsp3) is 0.667. The summed E-state index contributed by atoms with van der Waals surface area (Å²) in [5, 5.41) is 9.55. The minimum Gasteiger partial charge on any atom is -0.389 e. The molecule has 126 valence electrons. The smallest absolute Gasteiger partial charge is 0.223 e. The fourth-order valence-corrected chi connectivity index (χ4v) is 7.91. The molecule has 2 bridgehead atoms. The molecular weight excluding hydrogens is 298 g/mol. The molecule has 0 radical (unpaired) electrons. The highest BCUT2D eigenvalue weighted by molar-refractivity contribution is 5.79. The topological polar surface area (TPSA) is 40.5 Å². The van der Waals surface area contributed by atoms with Gasteiger partial charge >= 0.3 is 0 Å². The van der Waals surface area contributed by atoms with E-state index in [0.29, 0.717) is 24.9 Å². The molecule has 3 nitrogen and oxygen atoms in total. The molecule has 6 rings (SSSR count). The van der Waals surface area contributed by atoms with Gasteiger partial charge in [0.15, 0.2) is 0 Å². The number of rotatable bonds is 3. The van der Waals surface area contributed by atoms with Crippen molar-refractivity contribution >= 4 is 5.91 Å². The largest absolute Gasteiger partial charge is 0.389 e. The van der Waals surface area contributed by atoms with Crippen LogP contribution in [0.25, 0.3) is 0 Å². The number of benzene rings is 1. The summed E-state index contributed by atoms with van der Waals surface area (Å²) in [4.78, 5) is 14.8. The van der Waals surface area contributed by atoms with Crippen molar-refractivity contribution in [2.75, 3.05) is 13.1 Å². The Hall–Kier alpha value is -1.35. The van der Waals surface area contributed by atoms with E-state index in [4.69, 9.17) is 0 Å². The first kappa shape index (κ1) is 13.9. The summed E-state index contributed by atoms with van der Waals surface area (Å²) >= 11 is 0. The molecule has 3 heteroatoms. The van der Waals surface area contributed by atoms with Crippen molar-refractivity contribution in [3.63, 3.8) is 0 Å². The van der Waals surface area contributed by atoms with Crippen molar-refractivity contribution in [1.29, 1.82) is 0 Å². The van der Waals surface area contributed by atoms with Crippen LogP contribution in [0, 0.1) is 29.1 Å². The summed E-state index contributed by atoms with van der Waals surface area (Å²) in [5.74, 6) is 3.61. The molecule has 0 aromatic heterocycles. The second kappa shape index (κ2) is 4.24. The minimum atomic E-state index is -0.301. The molecule has 1 N–H and O–H groups in total. The number of β-amino-alcohol motifs (C(OH)–C–C–N with tert-alkyl or cyclic N) is 1. The van der Waals surface area contributed by atoms with Gasteiger partial charge in [-0.1, -0.05) is 30.3 Å². The number of aliphatic hydroxyl groups excluding tert-OH is 1. The van der Waals surface area contributed by atoms with E-state index < -0.39 is 0 Å². The molecule has 4 saturated carbocycles. The van der Waals surface area contributed by atoms with Gasteiger partial charge in [-0.05, 0) is 60.3 Å². The standard InChI is InChI=1S/C21H25NO2/c23-16-11-22(12-16)19(24)10-21(14-4-2-1-3-5-14)17-7-13-6-15-8-18(21)20(15,17)9-13/h1-5,13,15-18,23H,6-12H2. The van der Waals surface area contributed by atoms with Crippen LogP contribution in [0.15, 0.2) is 30.3 Å². The number of nitrogens with zero attached hydrogens (tertiary/aromatic N) is 1.